The largest absolute Gasteiger partial charge is 0.518 e. The molecule has 3 aliphatic rings. The molecule has 0 radical (unpaired) electrons. The van der Waals surface area contributed by atoms with Crippen LogP contribution in [0.15, 0.2) is 64.5 Å². The molecule has 0 spiro atoms. The molecule has 11 nitrogen and oxygen atoms in total. The Kier molecular flexibility index (Phi) is 7.98. The van der Waals surface area contributed by atoms with Crippen molar-refractivity contribution in [3.05, 3.63) is 60.1 Å². The number of aliphatic hydroxyl groups is 1. The smallest absolute Gasteiger partial charge is 0.390 e. The molecule has 0 amide bonds. The Balaban J connectivity index is 1.45. The second kappa shape index (κ2) is 10.8. The van der Waals surface area contributed by atoms with Crippen molar-refractivity contribution in [2.75, 3.05) is 19.6 Å². The predicted molar refractivity (Wildman–Crippen MR) is 131 cm³/mol. The molecule has 0 saturated carbocycles. The molecule has 6 atom stereocenters. The normalized spacial score (nSPS) is 28.0. The lowest BCUT2D eigenvalue weighted by Gasteiger charge is -2.38. The molecule has 35 heavy (non-hydrogen) atoms. The first kappa shape index (κ1) is 25.9. The van der Waals surface area contributed by atoms with Gasteiger partial charge in [-0.15, -0.1) is 0 Å². The van der Waals surface area contributed by atoms with Crippen LogP contribution in [0.1, 0.15) is 18.9 Å². The van der Waals surface area contributed by atoms with Crippen LogP contribution in [0.25, 0.3) is 0 Å². The van der Waals surface area contributed by atoms with Gasteiger partial charge in [-0.25, -0.2) is 9.98 Å². The van der Waals surface area contributed by atoms with E-state index in [-0.39, 0.29) is 19.1 Å². The van der Waals surface area contributed by atoms with Gasteiger partial charge >= 0.3 is 15.6 Å². The number of aliphatic imine (C=N–C) groups is 2. The Bertz CT molecular complexity index is 1120. The first-order valence-corrected chi connectivity index (χ1v) is 14.3. The average molecular weight is 523 g/mol. The van der Waals surface area contributed by atoms with E-state index in [2.05, 4.69) is 22.1 Å². The van der Waals surface area contributed by atoms with Crippen LogP contribution in [-0.4, -0.2) is 80.3 Å². The Labute approximate surface area is 204 Å². The van der Waals surface area contributed by atoms with Gasteiger partial charge in [0.2, 0.25) is 0 Å². The summed E-state index contributed by atoms with van der Waals surface area (Å²) in [5.74, 6) is 0.567. The second-order valence-electron chi connectivity index (χ2n) is 8.67. The van der Waals surface area contributed by atoms with Crippen LogP contribution in [-0.2, 0) is 24.9 Å². The second-order valence-corrected chi connectivity index (χ2v) is 12.0. The minimum Gasteiger partial charge on any atom is -0.390 e. The third kappa shape index (κ3) is 6.13. The summed E-state index contributed by atoms with van der Waals surface area (Å²) < 4.78 is 33.6. The number of aliphatic hydroxyl groups excluding tert-OH is 1. The van der Waals surface area contributed by atoms with E-state index in [1.165, 1.54) is 0 Å². The van der Waals surface area contributed by atoms with E-state index < -0.39 is 39.8 Å². The fraction of sp³-hybridized carbons (Fsp3) is 0.455. The van der Waals surface area contributed by atoms with Gasteiger partial charge in [-0.05, 0) is 17.1 Å². The number of hydrogen-bond donors (Lipinski definition) is 3. The fourth-order valence-corrected chi connectivity index (χ4v) is 6.27. The maximum absolute atomic E-state index is 11.9. The minimum atomic E-state index is -4.21. The molecule has 13 heteroatoms. The van der Waals surface area contributed by atoms with E-state index in [0.717, 1.165) is 17.0 Å². The van der Waals surface area contributed by atoms with Gasteiger partial charge in [-0.3, -0.25) is 4.57 Å². The summed E-state index contributed by atoms with van der Waals surface area (Å²) >= 11 is 0. The van der Waals surface area contributed by atoms with Crippen molar-refractivity contribution in [1.29, 1.82) is 0 Å². The Morgan fingerprint density at radius 2 is 2.06 bits per heavy atom. The van der Waals surface area contributed by atoms with Crippen molar-refractivity contribution in [2.24, 2.45) is 9.98 Å². The minimum absolute atomic E-state index is 0.184. The SMILES string of the molecule is C[C@H]1C([C@@H]2O[C@H](COP(=O)(O)C[P+](=O)O)C[C@H]2O)=CN=C2C(N(C)Cc3ccccc3)=NC=CN21. The molecule has 1 saturated heterocycles. The van der Waals surface area contributed by atoms with Gasteiger partial charge in [0.1, 0.15) is 6.10 Å². The van der Waals surface area contributed by atoms with E-state index in [1.54, 1.807) is 12.4 Å². The molecule has 3 aliphatic heterocycles. The van der Waals surface area contributed by atoms with Gasteiger partial charge in [0.05, 0.1) is 24.9 Å². The van der Waals surface area contributed by atoms with Crippen LogP contribution in [0.3, 0.4) is 0 Å². The summed E-state index contributed by atoms with van der Waals surface area (Å²) in [4.78, 5) is 31.7. The number of ether oxygens (including phenoxy) is 1. The van der Waals surface area contributed by atoms with Crippen LogP contribution in [0.2, 0.25) is 0 Å². The summed E-state index contributed by atoms with van der Waals surface area (Å²) in [5.41, 5.74) is 1.90. The van der Waals surface area contributed by atoms with Gasteiger partial charge in [0, 0.05) is 44.2 Å². The maximum atomic E-state index is 11.9. The lowest BCUT2D eigenvalue weighted by Crippen LogP contribution is -2.50. The average Bonchev–Trinajstić information content (AvgIpc) is 3.18. The number of rotatable bonds is 8. The molecule has 0 bridgehead atoms. The molecule has 2 unspecified atom stereocenters. The quantitative estimate of drug-likeness (QED) is 0.438. The molecule has 1 aromatic rings. The van der Waals surface area contributed by atoms with E-state index in [4.69, 9.17) is 14.2 Å². The molecule has 1 aromatic carbocycles. The number of fused-ring (bicyclic) bond motifs is 1. The van der Waals surface area contributed by atoms with E-state index >= 15 is 0 Å². The van der Waals surface area contributed by atoms with E-state index in [1.807, 2.05) is 48.2 Å². The summed E-state index contributed by atoms with van der Waals surface area (Å²) in [6.45, 7) is 2.37. The Morgan fingerprint density at radius 3 is 2.77 bits per heavy atom. The number of amidine groups is 2. The van der Waals surface area contributed by atoms with Crippen LogP contribution in [0.4, 0.5) is 0 Å². The topological polar surface area (TPSA) is 144 Å². The third-order valence-electron chi connectivity index (χ3n) is 6.01. The Morgan fingerprint density at radius 1 is 1.31 bits per heavy atom. The lowest BCUT2D eigenvalue weighted by molar-refractivity contribution is 0.00785. The molecule has 4 rings (SSSR count). The molecular formula is C22H29N4O7P2+. The number of benzene rings is 1. The standard InChI is InChI=1S/C22H28N4O7P2/c1-15-18(20-19(27)10-17(33-20)13-32-35(30,31)14-34(28)29)11-24-22-21(23-8-9-26(15)22)25(2)12-16-6-4-3-5-7-16/h3-9,11,15,17,19-20,27H,10,12-14H2,1-2H3,(H-,28,29,30,31)/p+1/t15-,17-,19+,20-/m0/s1. The highest BCUT2D eigenvalue weighted by Gasteiger charge is 2.42. The van der Waals surface area contributed by atoms with Crippen molar-refractivity contribution in [1.82, 2.24) is 9.80 Å². The van der Waals surface area contributed by atoms with E-state index in [9.17, 15) is 19.1 Å². The van der Waals surface area contributed by atoms with Crippen molar-refractivity contribution < 1.29 is 33.3 Å². The van der Waals surface area contributed by atoms with Gasteiger partial charge in [0.25, 0.3) is 5.90 Å². The monoisotopic (exact) mass is 523 g/mol. The maximum Gasteiger partial charge on any atom is 0.518 e. The van der Waals surface area contributed by atoms with Crippen molar-refractivity contribution in [3.8, 4) is 0 Å². The molecular weight excluding hydrogens is 494 g/mol. The summed E-state index contributed by atoms with van der Waals surface area (Å²) in [6.07, 6.45) is 3.25. The highest BCUT2D eigenvalue weighted by atomic mass is 31.2. The zero-order chi connectivity index (χ0) is 25.2. The fourth-order valence-electron chi connectivity index (χ4n) is 4.32. The Hall–Kier alpha value is -2.23. The van der Waals surface area contributed by atoms with Crippen LogP contribution in [0, 0.1) is 0 Å². The van der Waals surface area contributed by atoms with Crippen molar-refractivity contribution in [2.45, 2.75) is 44.2 Å². The van der Waals surface area contributed by atoms with E-state index in [0.29, 0.717) is 12.4 Å². The lowest BCUT2D eigenvalue weighted by atomic mass is 9.96. The zero-order valence-corrected chi connectivity index (χ0v) is 21.2. The van der Waals surface area contributed by atoms with Gasteiger partial charge in [-0.2, -0.15) is 4.89 Å². The highest BCUT2D eigenvalue weighted by Crippen LogP contribution is 2.49. The van der Waals surface area contributed by atoms with Crippen molar-refractivity contribution in [3.63, 3.8) is 0 Å². The number of hydrogen-bond acceptors (Lipinski definition) is 9. The molecule has 0 aromatic heterocycles. The van der Waals surface area contributed by atoms with Crippen LogP contribution in [0.5, 0.6) is 0 Å². The number of nitrogens with zero attached hydrogens (tertiary/aromatic N) is 4. The third-order valence-corrected chi connectivity index (χ3v) is 8.96. The van der Waals surface area contributed by atoms with Crippen LogP contribution >= 0.6 is 15.6 Å². The molecule has 0 aliphatic carbocycles. The van der Waals surface area contributed by atoms with Crippen molar-refractivity contribution >= 4 is 27.3 Å². The summed E-state index contributed by atoms with van der Waals surface area (Å²) in [6, 6.07) is 9.87. The molecule has 3 N–H and O–H groups in total. The molecule has 3 heterocycles. The van der Waals surface area contributed by atoms with Crippen LogP contribution < -0.4 is 0 Å². The van der Waals surface area contributed by atoms with Gasteiger partial charge in [-0.1, -0.05) is 30.3 Å². The first-order chi connectivity index (χ1) is 16.6. The molecule has 1 fully saturated rings. The summed E-state index contributed by atoms with van der Waals surface area (Å²) in [5, 5.41) is 10.6. The summed E-state index contributed by atoms with van der Waals surface area (Å²) in [7, 11) is -5.06. The molecule has 188 valence electrons. The predicted octanol–water partition coefficient (Wildman–Crippen LogP) is 2.40. The first-order valence-electron chi connectivity index (χ1n) is 11.1. The zero-order valence-electron chi connectivity index (χ0n) is 19.4. The highest BCUT2D eigenvalue weighted by molar-refractivity contribution is 7.64. The van der Waals surface area contributed by atoms with Gasteiger partial charge in [0.15, 0.2) is 11.7 Å². The number of likely N-dealkylation sites (N-methyl/N-ethyl adjacent to an activating group) is 1. The van der Waals surface area contributed by atoms with Gasteiger partial charge < -0.3 is 29.1 Å².